The van der Waals surface area contributed by atoms with Crippen molar-refractivity contribution in [2.75, 3.05) is 25.5 Å². The first-order valence-electron chi connectivity index (χ1n) is 6.85. The maximum Gasteiger partial charge on any atom is 0.204 e. The monoisotopic (exact) mass is 250 g/mol. The van der Waals surface area contributed by atoms with Gasteiger partial charge in [0.15, 0.2) is 0 Å². The number of nitrogens with one attached hydrogen (secondary N) is 1. The number of hydrogen-bond donors (Lipinski definition) is 1. The van der Waals surface area contributed by atoms with Gasteiger partial charge in [0, 0.05) is 34.2 Å². The molecule has 4 nitrogen and oxygen atoms in total. The van der Waals surface area contributed by atoms with E-state index in [-0.39, 0.29) is 0 Å². The van der Waals surface area contributed by atoms with Crippen molar-refractivity contribution in [3.05, 3.63) is 11.9 Å². The van der Waals surface area contributed by atoms with Gasteiger partial charge in [0.05, 0.1) is 11.9 Å². The minimum atomic E-state index is 0.572. The molecule has 0 bridgehead atoms. The summed E-state index contributed by atoms with van der Waals surface area (Å²) in [6.07, 6.45) is 4.73. The average molecular weight is 250 g/mol. The largest absolute Gasteiger partial charge is 0.348 e. The summed E-state index contributed by atoms with van der Waals surface area (Å²) in [6, 6.07) is 0. The van der Waals surface area contributed by atoms with E-state index in [1.54, 1.807) is 0 Å². The van der Waals surface area contributed by atoms with Gasteiger partial charge < -0.3 is 14.8 Å². The van der Waals surface area contributed by atoms with Crippen molar-refractivity contribution >= 4 is 5.95 Å². The van der Waals surface area contributed by atoms with Gasteiger partial charge >= 0.3 is 0 Å². The Morgan fingerprint density at radius 1 is 1.44 bits per heavy atom. The van der Waals surface area contributed by atoms with Gasteiger partial charge in [-0.15, -0.1) is 0 Å². The van der Waals surface area contributed by atoms with E-state index in [4.69, 9.17) is 0 Å². The molecule has 1 fully saturated rings. The molecule has 0 saturated heterocycles. The first-order chi connectivity index (χ1) is 8.46. The molecule has 1 aliphatic rings. The van der Waals surface area contributed by atoms with Crippen molar-refractivity contribution in [2.24, 2.45) is 18.4 Å². The summed E-state index contributed by atoms with van der Waals surface area (Å²) in [4.78, 5) is 6.47. The highest BCUT2D eigenvalue weighted by Gasteiger charge is 2.44. The SMILES string of the molecule is CC(C)C1(CNCc2cnc(N(C)C)n2C)CC1. The molecule has 0 aliphatic heterocycles. The Kier molecular flexibility index (Phi) is 3.66. The summed E-state index contributed by atoms with van der Waals surface area (Å²) in [6.45, 7) is 6.71. The number of nitrogens with zero attached hydrogens (tertiary/aromatic N) is 3. The minimum absolute atomic E-state index is 0.572. The first-order valence-corrected chi connectivity index (χ1v) is 6.85. The smallest absolute Gasteiger partial charge is 0.204 e. The quantitative estimate of drug-likeness (QED) is 0.838. The van der Waals surface area contributed by atoms with E-state index in [1.165, 1.54) is 18.5 Å². The molecule has 1 aliphatic carbocycles. The summed E-state index contributed by atoms with van der Waals surface area (Å²) in [7, 11) is 6.13. The molecule has 1 saturated carbocycles. The van der Waals surface area contributed by atoms with E-state index >= 15 is 0 Å². The Balaban J connectivity index is 1.88. The molecule has 1 aromatic heterocycles. The second-order valence-corrected chi connectivity index (χ2v) is 6.12. The molecule has 4 heteroatoms. The molecular weight excluding hydrogens is 224 g/mol. The summed E-state index contributed by atoms with van der Waals surface area (Å²) in [5.41, 5.74) is 1.82. The number of rotatable bonds is 6. The highest BCUT2D eigenvalue weighted by molar-refractivity contribution is 5.30. The lowest BCUT2D eigenvalue weighted by molar-refractivity contribution is 0.336. The first kappa shape index (κ1) is 13.4. The fraction of sp³-hybridized carbons (Fsp3) is 0.786. The van der Waals surface area contributed by atoms with Crippen LogP contribution in [0, 0.1) is 11.3 Å². The third-order valence-electron chi connectivity index (χ3n) is 4.36. The van der Waals surface area contributed by atoms with Crippen LogP contribution in [0.2, 0.25) is 0 Å². The molecule has 0 spiro atoms. The van der Waals surface area contributed by atoms with Crippen LogP contribution >= 0.6 is 0 Å². The Bertz CT molecular complexity index is 402. The molecule has 0 radical (unpaired) electrons. The van der Waals surface area contributed by atoms with Gasteiger partial charge in [0.1, 0.15) is 0 Å². The van der Waals surface area contributed by atoms with Crippen molar-refractivity contribution in [3.63, 3.8) is 0 Å². The lowest BCUT2D eigenvalue weighted by Gasteiger charge is -2.20. The van der Waals surface area contributed by atoms with Crippen molar-refractivity contribution in [1.29, 1.82) is 0 Å². The van der Waals surface area contributed by atoms with Crippen molar-refractivity contribution in [2.45, 2.75) is 33.2 Å². The summed E-state index contributed by atoms with van der Waals surface area (Å²) >= 11 is 0. The fourth-order valence-electron chi connectivity index (χ4n) is 2.57. The normalized spacial score (nSPS) is 17.2. The zero-order valence-electron chi connectivity index (χ0n) is 12.3. The number of imidazole rings is 1. The Morgan fingerprint density at radius 2 is 2.11 bits per heavy atom. The summed E-state index contributed by atoms with van der Waals surface area (Å²) in [5.74, 6) is 1.80. The van der Waals surface area contributed by atoms with Crippen LogP contribution in [0.5, 0.6) is 0 Å². The fourth-order valence-corrected chi connectivity index (χ4v) is 2.57. The zero-order chi connectivity index (χ0) is 13.3. The Hall–Kier alpha value is -1.03. The molecule has 18 heavy (non-hydrogen) atoms. The highest BCUT2D eigenvalue weighted by Crippen LogP contribution is 2.51. The second kappa shape index (κ2) is 4.92. The van der Waals surface area contributed by atoms with Gasteiger partial charge in [-0.1, -0.05) is 13.8 Å². The average Bonchev–Trinajstić information content (AvgIpc) is 2.99. The van der Waals surface area contributed by atoms with Crippen molar-refractivity contribution in [3.8, 4) is 0 Å². The number of anilines is 1. The van der Waals surface area contributed by atoms with Crippen LogP contribution in [0.3, 0.4) is 0 Å². The predicted octanol–water partition coefficient (Wildman–Crippen LogP) is 2.01. The summed E-state index contributed by atoms with van der Waals surface area (Å²) < 4.78 is 2.15. The second-order valence-electron chi connectivity index (χ2n) is 6.12. The third-order valence-corrected chi connectivity index (χ3v) is 4.36. The lowest BCUT2D eigenvalue weighted by Crippen LogP contribution is -2.28. The maximum atomic E-state index is 4.43. The topological polar surface area (TPSA) is 33.1 Å². The standard InChI is InChI=1S/C14H26N4/c1-11(2)14(6-7-14)10-15-8-12-9-16-13(17(3)4)18(12)5/h9,11,15H,6-8,10H2,1-5H3. The molecule has 0 unspecified atom stereocenters. The molecule has 0 atom stereocenters. The van der Waals surface area contributed by atoms with Gasteiger partial charge in [-0.3, -0.25) is 0 Å². The van der Waals surface area contributed by atoms with E-state index in [1.807, 2.05) is 25.2 Å². The number of aromatic nitrogens is 2. The molecule has 0 amide bonds. The summed E-state index contributed by atoms with van der Waals surface area (Å²) in [5, 5.41) is 3.60. The Morgan fingerprint density at radius 3 is 2.56 bits per heavy atom. The highest BCUT2D eigenvalue weighted by atomic mass is 15.3. The van der Waals surface area contributed by atoms with Gasteiger partial charge in [-0.05, 0) is 24.2 Å². The van der Waals surface area contributed by atoms with Crippen molar-refractivity contribution in [1.82, 2.24) is 14.9 Å². The van der Waals surface area contributed by atoms with Crippen LogP contribution in [-0.4, -0.2) is 30.2 Å². The molecular formula is C14H26N4. The minimum Gasteiger partial charge on any atom is -0.348 e. The van der Waals surface area contributed by atoms with E-state index < -0.39 is 0 Å². The van der Waals surface area contributed by atoms with Gasteiger partial charge in [-0.2, -0.15) is 0 Å². The van der Waals surface area contributed by atoms with E-state index in [0.29, 0.717) is 5.41 Å². The van der Waals surface area contributed by atoms with Crippen LogP contribution < -0.4 is 10.2 Å². The molecule has 1 heterocycles. The van der Waals surface area contributed by atoms with Gasteiger partial charge in [0.2, 0.25) is 5.95 Å². The molecule has 102 valence electrons. The molecule has 1 aromatic rings. The van der Waals surface area contributed by atoms with E-state index in [0.717, 1.165) is 25.0 Å². The predicted molar refractivity (Wildman–Crippen MR) is 75.7 cm³/mol. The van der Waals surface area contributed by atoms with Gasteiger partial charge in [0.25, 0.3) is 0 Å². The molecule has 2 rings (SSSR count). The third kappa shape index (κ3) is 2.53. The maximum absolute atomic E-state index is 4.43. The van der Waals surface area contributed by atoms with Crippen molar-refractivity contribution < 1.29 is 0 Å². The van der Waals surface area contributed by atoms with Crippen LogP contribution in [-0.2, 0) is 13.6 Å². The zero-order valence-corrected chi connectivity index (χ0v) is 12.3. The van der Waals surface area contributed by atoms with Crippen LogP contribution in [0.4, 0.5) is 5.95 Å². The van der Waals surface area contributed by atoms with Crippen LogP contribution in [0.25, 0.3) is 0 Å². The van der Waals surface area contributed by atoms with E-state index in [9.17, 15) is 0 Å². The Labute approximate surface area is 110 Å². The van der Waals surface area contributed by atoms with Gasteiger partial charge in [-0.25, -0.2) is 4.98 Å². The number of hydrogen-bond acceptors (Lipinski definition) is 3. The van der Waals surface area contributed by atoms with E-state index in [2.05, 4.69) is 35.8 Å². The lowest BCUT2D eigenvalue weighted by atomic mass is 9.92. The molecule has 0 aromatic carbocycles. The molecule has 1 N–H and O–H groups in total. The van der Waals surface area contributed by atoms with Crippen LogP contribution in [0.1, 0.15) is 32.4 Å². The van der Waals surface area contributed by atoms with Crippen LogP contribution in [0.15, 0.2) is 6.20 Å².